The zero-order valence-corrected chi connectivity index (χ0v) is 36.2. The third-order valence-electron chi connectivity index (χ3n) is 15.1. The van der Waals surface area contributed by atoms with Crippen LogP contribution in [0.2, 0.25) is 0 Å². The zero-order chi connectivity index (χ0) is 44.0. The van der Waals surface area contributed by atoms with Crippen LogP contribution < -0.4 is 4.90 Å². The lowest BCUT2D eigenvalue weighted by Crippen LogP contribution is -2.26. The van der Waals surface area contributed by atoms with Crippen molar-refractivity contribution in [3.05, 3.63) is 234 Å². The van der Waals surface area contributed by atoms with Crippen LogP contribution in [-0.2, 0) is 5.41 Å². The molecule has 308 valence electrons. The Morgan fingerprint density at radius 2 is 0.875 bits per heavy atom. The van der Waals surface area contributed by atoms with Gasteiger partial charge in [-0.25, -0.2) is 0 Å². The Balaban J connectivity index is 1.06. The van der Waals surface area contributed by atoms with E-state index in [0.717, 1.165) is 85.1 Å². The maximum absolute atomic E-state index is 9.82. The summed E-state index contributed by atoms with van der Waals surface area (Å²) in [4.78, 5) is 2.46. The maximum Gasteiger partial charge on any atom is 0.0726 e. The second-order valence-corrected chi connectivity index (χ2v) is 18.5. The van der Waals surface area contributed by atoms with Crippen LogP contribution in [0.25, 0.3) is 55.3 Å². The van der Waals surface area contributed by atoms with E-state index in [4.69, 9.17) is 0 Å². The van der Waals surface area contributed by atoms with Gasteiger partial charge in [0.2, 0.25) is 0 Å². The molecule has 2 fully saturated rings. The van der Waals surface area contributed by atoms with Crippen molar-refractivity contribution in [2.75, 3.05) is 4.90 Å². The molecule has 1 heteroatoms. The number of hydrogen-bond acceptors (Lipinski definition) is 1. The molecule has 13 rings (SSSR count). The molecule has 4 aliphatic carbocycles. The van der Waals surface area contributed by atoms with Gasteiger partial charge in [0.1, 0.15) is 0 Å². The molecule has 9 aromatic rings. The minimum Gasteiger partial charge on any atom is -0.310 e. The molecule has 9 aromatic carbocycles. The van der Waals surface area contributed by atoms with Gasteiger partial charge in [-0.05, 0) is 151 Å². The van der Waals surface area contributed by atoms with Crippen LogP contribution in [0.3, 0.4) is 0 Å². The van der Waals surface area contributed by atoms with Crippen LogP contribution in [-0.4, -0.2) is 0 Å². The van der Waals surface area contributed by atoms with Crippen molar-refractivity contribution < 1.29 is 2.74 Å². The van der Waals surface area contributed by atoms with E-state index < -0.39 is 17.2 Å². The molecule has 1 nitrogen and oxygen atoms in total. The van der Waals surface area contributed by atoms with Crippen molar-refractivity contribution in [1.29, 1.82) is 0 Å². The highest BCUT2D eigenvalue weighted by atomic mass is 15.1. The second kappa shape index (κ2) is 15.1. The van der Waals surface area contributed by atoms with Crippen LogP contribution in [0, 0.1) is 0 Å². The smallest absolute Gasteiger partial charge is 0.0726 e. The van der Waals surface area contributed by atoms with Gasteiger partial charge in [-0.3, -0.25) is 0 Å². The first kappa shape index (κ1) is 35.5. The summed E-state index contributed by atoms with van der Waals surface area (Å²) < 4.78 is 19.6. The van der Waals surface area contributed by atoms with Crippen LogP contribution >= 0.6 is 0 Å². The summed E-state index contributed by atoms with van der Waals surface area (Å²) in [7, 11) is 0. The average Bonchev–Trinajstić information content (AvgIpc) is 4.16. The number of fused-ring (bicyclic) bond motifs is 11. The lowest BCUT2D eigenvalue weighted by molar-refractivity contribution is 0.710. The molecular formula is C63H51N. The van der Waals surface area contributed by atoms with Gasteiger partial charge >= 0.3 is 0 Å². The van der Waals surface area contributed by atoms with Crippen molar-refractivity contribution in [3.8, 4) is 44.5 Å². The highest BCUT2D eigenvalue weighted by molar-refractivity contribution is 5.99. The molecule has 0 atom stereocenters. The van der Waals surface area contributed by atoms with Crippen LogP contribution in [0.1, 0.15) is 99.3 Å². The highest BCUT2D eigenvalue weighted by Crippen LogP contribution is 2.64. The van der Waals surface area contributed by atoms with Gasteiger partial charge < -0.3 is 4.90 Å². The number of rotatable bonds is 7. The monoisotopic (exact) mass is 823 g/mol. The number of hydrogen-bond donors (Lipinski definition) is 0. The van der Waals surface area contributed by atoms with Crippen molar-refractivity contribution in [3.63, 3.8) is 0 Å². The van der Waals surface area contributed by atoms with Crippen LogP contribution in [0.15, 0.2) is 200 Å². The molecule has 4 aliphatic rings. The lowest BCUT2D eigenvalue weighted by atomic mass is 9.69. The molecule has 0 aromatic heterocycles. The molecule has 0 N–H and O–H groups in total. The Morgan fingerprint density at radius 3 is 1.58 bits per heavy atom. The van der Waals surface area contributed by atoms with E-state index in [1.807, 2.05) is 0 Å². The quantitative estimate of drug-likeness (QED) is 0.155. The van der Waals surface area contributed by atoms with Gasteiger partial charge in [0.25, 0.3) is 0 Å². The summed E-state index contributed by atoms with van der Waals surface area (Å²) in [5.74, 6) is -1.19. The van der Waals surface area contributed by atoms with Gasteiger partial charge in [0.05, 0.1) is 11.1 Å². The van der Waals surface area contributed by atoms with E-state index in [2.05, 4.69) is 205 Å². The Morgan fingerprint density at radius 1 is 0.375 bits per heavy atom. The predicted molar refractivity (Wildman–Crippen MR) is 268 cm³/mol. The summed E-state index contributed by atoms with van der Waals surface area (Å²) in [6.07, 6.45) is 7.96. The minimum atomic E-state index is -0.634. The fraction of sp³-hybridized carbons (Fsp3) is 0.175. The highest BCUT2D eigenvalue weighted by Gasteiger charge is 2.52. The predicted octanol–water partition coefficient (Wildman–Crippen LogP) is 17.3. The van der Waals surface area contributed by atoms with Crippen molar-refractivity contribution >= 4 is 27.8 Å². The molecule has 0 heterocycles. The number of nitrogens with zero attached hydrogens (tertiary/aromatic N) is 1. The molecule has 0 radical (unpaired) electrons. The second-order valence-electron chi connectivity index (χ2n) is 18.5. The zero-order valence-electron chi connectivity index (χ0n) is 38.2. The number of benzene rings is 9. The van der Waals surface area contributed by atoms with Gasteiger partial charge in [0, 0.05) is 19.7 Å². The van der Waals surface area contributed by atoms with Crippen molar-refractivity contribution in [2.24, 2.45) is 0 Å². The van der Waals surface area contributed by atoms with E-state index in [-0.39, 0.29) is 0 Å². The Hall–Kier alpha value is -6.96. The SMILES string of the molecule is [2H]C1(c2ccc3c(c2)C2(c4ccccc4-c4ccc(N(c5ccc(-c6cccc7ccccc67)cc5)c5ccccc5-c5ccccc5)cc42)c2cc(C4([2H])CCCC4)ccc2-3)CCCC1. The first-order chi connectivity index (χ1) is 32.4. The summed E-state index contributed by atoms with van der Waals surface area (Å²) in [5.41, 5.74) is 19.7. The third-order valence-corrected chi connectivity index (χ3v) is 15.1. The molecule has 2 saturated carbocycles. The molecule has 0 aliphatic heterocycles. The van der Waals surface area contributed by atoms with E-state index in [1.165, 1.54) is 72.0 Å². The van der Waals surface area contributed by atoms with Gasteiger partial charge in [0.15, 0.2) is 0 Å². The first-order valence-electron chi connectivity index (χ1n) is 24.5. The molecule has 0 bridgehead atoms. The Bertz CT molecular complexity index is 3280. The van der Waals surface area contributed by atoms with Crippen molar-refractivity contribution in [1.82, 2.24) is 0 Å². The van der Waals surface area contributed by atoms with Gasteiger partial charge in [-0.15, -0.1) is 0 Å². The van der Waals surface area contributed by atoms with Crippen LogP contribution in [0.4, 0.5) is 17.1 Å². The van der Waals surface area contributed by atoms with E-state index in [0.29, 0.717) is 0 Å². The fourth-order valence-corrected chi connectivity index (χ4v) is 12.2. The standard InChI is InChI=1S/C63H51N/c1-2-19-45(20-3-1)53-24-11-13-28-62(53)64(49-33-29-46(30-34-49)52-26-14-22-44-21-8-9-23-51(44)52)50-35-38-57-54-25-10-12-27-58(54)63(61(57)41-50)59-39-47(42-15-4-5-16-42)31-36-55(59)56-37-32-48(40-60(56)63)43-17-6-7-18-43/h1-3,8-14,19-43H,4-7,15-18H2/i42D,43D. The number of anilines is 3. The maximum atomic E-state index is 9.82. The first-order valence-corrected chi connectivity index (χ1v) is 23.5. The average molecular weight is 824 g/mol. The van der Waals surface area contributed by atoms with E-state index >= 15 is 0 Å². The van der Waals surface area contributed by atoms with E-state index in [1.54, 1.807) is 0 Å². The summed E-state index contributed by atoms with van der Waals surface area (Å²) in [6, 6.07) is 74.3. The molecule has 1 spiro atoms. The molecule has 64 heavy (non-hydrogen) atoms. The summed E-state index contributed by atoms with van der Waals surface area (Å²) in [5, 5.41) is 2.49. The van der Waals surface area contributed by atoms with Crippen molar-refractivity contribution in [2.45, 2.75) is 68.6 Å². The summed E-state index contributed by atoms with van der Waals surface area (Å²) in [6.45, 7) is 0. The lowest BCUT2D eigenvalue weighted by Gasteiger charge is -2.33. The molecule has 0 amide bonds. The summed E-state index contributed by atoms with van der Waals surface area (Å²) >= 11 is 0. The molecule has 0 saturated heterocycles. The van der Waals surface area contributed by atoms with Crippen LogP contribution in [0.5, 0.6) is 0 Å². The Labute approximate surface area is 380 Å². The number of para-hydroxylation sites is 1. The minimum absolute atomic E-state index is 0.593. The molecular weight excluding hydrogens is 771 g/mol. The molecule has 0 unspecified atom stereocenters. The third kappa shape index (κ3) is 5.76. The van der Waals surface area contributed by atoms with Gasteiger partial charge in [-0.2, -0.15) is 0 Å². The normalized spacial score (nSPS) is 17.4. The largest absolute Gasteiger partial charge is 0.310 e. The Kier molecular flexibility index (Phi) is 8.37. The fourth-order valence-electron chi connectivity index (χ4n) is 12.2. The topological polar surface area (TPSA) is 3.24 Å². The van der Waals surface area contributed by atoms with Gasteiger partial charge in [-0.1, -0.05) is 196 Å². The van der Waals surface area contributed by atoms with E-state index in [9.17, 15) is 2.74 Å².